The van der Waals surface area contributed by atoms with E-state index in [4.69, 9.17) is 14.2 Å². The largest absolute Gasteiger partial charge is 0.487 e. The molecule has 7 nitrogen and oxygen atoms in total. The number of ether oxygens (including phenoxy) is 3. The molecule has 1 saturated heterocycles. The van der Waals surface area contributed by atoms with Crippen molar-refractivity contribution in [3.63, 3.8) is 0 Å². The third-order valence-electron chi connectivity index (χ3n) is 2.98. The van der Waals surface area contributed by atoms with Gasteiger partial charge in [0.05, 0.1) is 6.61 Å². The van der Waals surface area contributed by atoms with Gasteiger partial charge in [0.2, 0.25) is 0 Å². The molecule has 7 heteroatoms. The number of rotatable bonds is 5. The molecule has 0 amide bonds. The molecule has 2 aliphatic rings. The molecule has 1 aromatic rings. The molecule has 0 aromatic heterocycles. The summed E-state index contributed by atoms with van der Waals surface area (Å²) in [6, 6.07) is 5.50. The zero-order valence-corrected chi connectivity index (χ0v) is 10.1. The van der Waals surface area contributed by atoms with Gasteiger partial charge in [0, 0.05) is 12.0 Å². The minimum atomic E-state index is -0.788. The van der Waals surface area contributed by atoms with E-state index in [1.165, 1.54) is 0 Å². The van der Waals surface area contributed by atoms with Crippen molar-refractivity contribution >= 4 is 0 Å². The van der Waals surface area contributed by atoms with E-state index < -0.39 is 11.2 Å². The highest BCUT2D eigenvalue weighted by atomic mass is 17.0. The lowest BCUT2D eigenvalue weighted by Gasteiger charge is -2.25. The van der Waals surface area contributed by atoms with Gasteiger partial charge in [-0.1, -0.05) is 12.1 Å². The molecule has 0 radical (unpaired) electrons. The van der Waals surface area contributed by atoms with Gasteiger partial charge in [0.25, 0.3) is 5.09 Å². The molecule has 0 saturated carbocycles. The standard InChI is InChI=1S/C12H13NO6/c14-13(15)19-9-4-8-2-1-3-11(12(8)18-5-9)17-7-10-6-16-10/h1-3,9-10H,4-7H2. The van der Waals surface area contributed by atoms with Crippen molar-refractivity contribution in [3.8, 4) is 11.5 Å². The van der Waals surface area contributed by atoms with Gasteiger partial charge in [-0.3, -0.25) is 0 Å². The van der Waals surface area contributed by atoms with Gasteiger partial charge >= 0.3 is 0 Å². The Morgan fingerprint density at radius 1 is 1.42 bits per heavy atom. The van der Waals surface area contributed by atoms with E-state index in [-0.39, 0.29) is 12.7 Å². The van der Waals surface area contributed by atoms with Gasteiger partial charge in [-0.25, -0.2) is 0 Å². The van der Waals surface area contributed by atoms with Crippen LogP contribution in [0.15, 0.2) is 18.2 Å². The number of benzene rings is 1. The molecule has 2 atom stereocenters. The summed E-state index contributed by atoms with van der Waals surface area (Å²) in [5.74, 6) is 1.29. The lowest BCUT2D eigenvalue weighted by atomic mass is 10.0. The van der Waals surface area contributed by atoms with Crippen molar-refractivity contribution in [1.29, 1.82) is 0 Å². The Hall–Kier alpha value is -2.02. The van der Waals surface area contributed by atoms with E-state index in [0.717, 1.165) is 12.2 Å². The topological polar surface area (TPSA) is 83.4 Å². The van der Waals surface area contributed by atoms with E-state index in [1.54, 1.807) is 0 Å². The fourth-order valence-electron chi connectivity index (χ4n) is 2.02. The lowest BCUT2D eigenvalue weighted by Crippen LogP contribution is -2.31. The Morgan fingerprint density at radius 2 is 2.26 bits per heavy atom. The summed E-state index contributed by atoms with van der Waals surface area (Å²) in [5.41, 5.74) is 0.854. The van der Waals surface area contributed by atoms with Crippen LogP contribution in [-0.2, 0) is 16.0 Å². The number of para-hydroxylation sites is 1. The van der Waals surface area contributed by atoms with Crippen molar-refractivity contribution < 1.29 is 24.1 Å². The average molecular weight is 267 g/mol. The minimum Gasteiger partial charge on any atom is -0.487 e. The summed E-state index contributed by atoms with van der Waals surface area (Å²) in [5, 5.41) is 9.53. The first-order chi connectivity index (χ1) is 9.22. The fraction of sp³-hybridized carbons (Fsp3) is 0.500. The molecule has 2 unspecified atom stereocenters. The molecule has 1 aromatic carbocycles. The Morgan fingerprint density at radius 3 is 3.00 bits per heavy atom. The third-order valence-corrected chi connectivity index (χ3v) is 2.98. The average Bonchev–Trinajstić information content (AvgIpc) is 3.19. The normalized spacial score (nSPS) is 24.0. The first kappa shape index (κ1) is 12.0. The Kier molecular flexibility index (Phi) is 3.12. The molecule has 3 rings (SSSR count). The first-order valence-corrected chi connectivity index (χ1v) is 6.02. The number of epoxide rings is 1. The summed E-state index contributed by atoms with van der Waals surface area (Å²) >= 11 is 0. The van der Waals surface area contributed by atoms with Crippen LogP contribution in [0.5, 0.6) is 11.5 Å². The molecule has 102 valence electrons. The van der Waals surface area contributed by atoms with Crippen LogP contribution < -0.4 is 9.47 Å². The Labute approximate surface area is 109 Å². The minimum absolute atomic E-state index is 0.147. The quantitative estimate of drug-likeness (QED) is 0.449. The van der Waals surface area contributed by atoms with Crippen LogP contribution in [0.2, 0.25) is 0 Å². The van der Waals surface area contributed by atoms with E-state index in [1.807, 2.05) is 18.2 Å². The van der Waals surface area contributed by atoms with Gasteiger partial charge in [-0.15, -0.1) is 10.1 Å². The lowest BCUT2D eigenvalue weighted by molar-refractivity contribution is -0.769. The maximum Gasteiger partial charge on any atom is 0.294 e. The fourth-order valence-corrected chi connectivity index (χ4v) is 2.02. The third kappa shape index (κ3) is 2.87. The molecule has 0 spiro atoms. The highest BCUT2D eigenvalue weighted by Gasteiger charge is 2.27. The number of hydrogen-bond donors (Lipinski definition) is 0. The van der Waals surface area contributed by atoms with E-state index in [2.05, 4.69) is 4.84 Å². The van der Waals surface area contributed by atoms with E-state index in [9.17, 15) is 10.1 Å². The zero-order valence-electron chi connectivity index (χ0n) is 10.1. The maximum atomic E-state index is 10.3. The van der Waals surface area contributed by atoms with Gasteiger partial charge in [0.15, 0.2) is 11.5 Å². The number of nitrogens with zero attached hydrogens (tertiary/aromatic N) is 1. The van der Waals surface area contributed by atoms with Gasteiger partial charge < -0.3 is 19.0 Å². The summed E-state index contributed by atoms with van der Waals surface area (Å²) in [7, 11) is 0. The van der Waals surface area contributed by atoms with Crippen LogP contribution in [0, 0.1) is 10.1 Å². The molecule has 2 heterocycles. The number of hydrogen-bond acceptors (Lipinski definition) is 6. The predicted molar refractivity (Wildman–Crippen MR) is 62.7 cm³/mol. The van der Waals surface area contributed by atoms with Crippen LogP contribution in [-0.4, -0.2) is 37.1 Å². The zero-order chi connectivity index (χ0) is 13.2. The van der Waals surface area contributed by atoms with Crippen LogP contribution >= 0.6 is 0 Å². The molecule has 1 fully saturated rings. The summed E-state index contributed by atoms with van der Waals surface area (Å²) in [6.45, 7) is 1.37. The second-order valence-electron chi connectivity index (χ2n) is 4.48. The first-order valence-electron chi connectivity index (χ1n) is 6.02. The highest BCUT2D eigenvalue weighted by Crippen LogP contribution is 2.35. The van der Waals surface area contributed by atoms with Gasteiger partial charge in [-0.05, 0) is 6.07 Å². The molecular weight excluding hydrogens is 254 g/mol. The number of fused-ring (bicyclic) bond motifs is 1. The van der Waals surface area contributed by atoms with Crippen LogP contribution in [0.25, 0.3) is 0 Å². The van der Waals surface area contributed by atoms with Crippen LogP contribution in [0.1, 0.15) is 5.56 Å². The monoisotopic (exact) mass is 267 g/mol. The SMILES string of the molecule is O=[N+]([O-])OC1COc2c(cccc2OCC2CO2)C1. The molecular formula is C12H13NO6. The predicted octanol–water partition coefficient (Wildman–Crippen LogP) is 0.976. The Balaban J connectivity index is 1.70. The second kappa shape index (κ2) is 4.93. The molecule has 0 bridgehead atoms. The molecule has 0 N–H and O–H groups in total. The smallest absolute Gasteiger partial charge is 0.294 e. The van der Waals surface area contributed by atoms with Gasteiger partial charge in [0.1, 0.15) is 25.4 Å². The van der Waals surface area contributed by atoms with E-state index >= 15 is 0 Å². The van der Waals surface area contributed by atoms with Crippen molar-refractivity contribution in [2.75, 3.05) is 19.8 Å². The summed E-state index contributed by atoms with van der Waals surface area (Å²) in [4.78, 5) is 14.9. The summed E-state index contributed by atoms with van der Waals surface area (Å²) in [6.07, 6.45) is 0.0440. The second-order valence-corrected chi connectivity index (χ2v) is 4.48. The van der Waals surface area contributed by atoms with Crippen LogP contribution in [0.4, 0.5) is 0 Å². The molecule has 2 aliphatic heterocycles. The summed E-state index contributed by atoms with van der Waals surface area (Å²) < 4.78 is 16.2. The van der Waals surface area contributed by atoms with E-state index in [0.29, 0.717) is 24.5 Å². The van der Waals surface area contributed by atoms with Crippen molar-refractivity contribution in [2.45, 2.75) is 18.6 Å². The maximum absolute atomic E-state index is 10.3. The molecule has 0 aliphatic carbocycles. The van der Waals surface area contributed by atoms with Gasteiger partial charge in [-0.2, -0.15) is 0 Å². The van der Waals surface area contributed by atoms with Crippen molar-refractivity contribution in [2.24, 2.45) is 0 Å². The molecule has 19 heavy (non-hydrogen) atoms. The van der Waals surface area contributed by atoms with Crippen LogP contribution in [0.3, 0.4) is 0 Å². The highest BCUT2D eigenvalue weighted by molar-refractivity contribution is 5.48. The van der Waals surface area contributed by atoms with Crippen molar-refractivity contribution in [1.82, 2.24) is 0 Å². The Bertz CT molecular complexity index is 487. The van der Waals surface area contributed by atoms with Crippen molar-refractivity contribution in [3.05, 3.63) is 33.9 Å².